The lowest BCUT2D eigenvalue weighted by atomic mass is 10.0. The van der Waals surface area contributed by atoms with E-state index in [2.05, 4.69) is 0 Å². The number of hydrogen-bond donors (Lipinski definition) is 0. The van der Waals surface area contributed by atoms with E-state index < -0.39 is 0 Å². The lowest BCUT2D eigenvalue weighted by Gasteiger charge is -2.21. The van der Waals surface area contributed by atoms with Crippen molar-refractivity contribution in [2.75, 3.05) is 39.3 Å². The number of ketones is 4. The van der Waals surface area contributed by atoms with Crippen LogP contribution in [0, 0.1) is 0 Å². The molecule has 0 unspecified atom stereocenters. The zero-order valence-corrected chi connectivity index (χ0v) is 13.6. The lowest BCUT2D eigenvalue weighted by molar-refractivity contribution is -0.117. The van der Waals surface area contributed by atoms with Crippen LogP contribution in [0.1, 0.15) is 0 Å². The van der Waals surface area contributed by atoms with Crippen molar-refractivity contribution in [1.82, 2.24) is 14.7 Å². The minimum atomic E-state index is -0.121. The molecule has 0 N–H and O–H groups in total. The van der Waals surface area contributed by atoms with Gasteiger partial charge in [-0.3, -0.25) is 19.2 Å². The van der Waals surface area contributed by atoms with Gasteiger partial charge in [0.05, 0.1) is 5.70 Å². The van der Waals surface area contributed by atoms with Crippen LogP contribution in [-0.2, 0) is 19.2 Å². The van der Waals surface area contributed by atoms with Gasteiger partial charge >= 0.3 is 0 Å². The van der Waals surface area contributed by atoms with E-state index in [0.29, 0.717) is 17.1 Å². The summed E-state index contributed by atoms with van der Waals surface area (Å²) in [5.74, 6) is -0.193. The molecule has 0 aromatic heterocycles. The standard InChI is InChI=1S/C12H13N3O2.C6H4O2/c16-9-7-8(13-1-2-13)12(17)11(15-5-6-15)10(9)14-3-4-14;7-5-1-2-6(8)4-3-5/h7H,1-6H2;1-4H. The fourth-order valence-corrected chi connectivity index (χ4v) is 2.72. The lowest BCUT2D eigenvalue weighted by Crippen LogP contribution is -2.29. The molecule has 0 bridgehead atoms. The van der Waals surface area contributed by atoms with Crippen LogP contribution in [0.5, 0.6) is 0 Å². The van der Waals surface area contributed by atoms with Crippen LogP contribution in [0.4, 0.5) is 0 Å². The molecule has 3 saturated heterocycles. The molecule has 3 aliphatic heterocycles. The van der Waals surface area contributed by atoms with Gasteiger partial charge in [-0.15, -0.1) is 0 Å². The van der Waals surface area contributed by atoms with Crippen molar-refractivity contribution in [3.63, 3.8) is 0 Å². The summed E-state index contributed by atoms with van der Waals surface area (Å²) >= 11 is 0. The van der Waals surface area contributed by atoms with E-state index >= 15 is 0 Å². The monoisotopic (exact) mass is 339 g/mol. The Balaban J connectivity index is 0.000000166. The maximum absolute atomic E-state index is 12.4. The van der Waals surface area contributed by atoms with E-state index in [0.717, 1.165) is 39.3 Å². The number of carbonyl (C=O) groups excluding carboxylic acids is 4. The summed E-state index contributed by atoms with van der Waals surface area (Å²) < 4.78 is 0. The predicted molar refractivity (Wildman–Crippen MR) is 88.1 cm³/mol. The van der Waals surface area contributed by atoms with E-state index in [1.165, 1.54) is 30.4 Å². The Bertz CT molecular complexity index is 768. The van der Waals surface area contributed by atoms with Crippen LogP contribution in [0.25, 0.3) is 0 Å². The summed E-state index contributed by atoms with van der Waals surface area (Å²) in [6, 6.07) is 0. The van der Waals surface area contributed by atoms with Crippen molar-refractivity contribution in [2.24, 2.45) is 0 Å². The van der Waals surface area contributed by atoms with Gasteiger partial charge in [0, 0.05) is 45.3 Å². The summed E-state index contributed by atoms with van der Waals surface area (Å²) in [6.45, 7) is 5.41. The smallest absolute Gasteiger partial charge is 0.227 e. The molecule has 2 aliphatic carbocycles. The average Bonchev–Trinajstić information content (AvgIpc) is 3.45. The van der Waals surface area contributed by atoms with Gasteiger partial charge in [-0.2, -0.15) is 0 Å². The molecule has 3 heterocycles. The first-order valence-corrected chi connectivity index (χ1v) is 8.28. The van der Waals surface area contributed by atoms with Gasteiger partial charge in [-0.25, -0.2) is 0 Å². The molecule has 5 rings (SSSR count). The molecule has 0 saturated carbocycles. The largest absolute Gasteiger partial charge is 0.365 e. The summed E-state index contributed by atoms with van der Waals surface area (Å²) in [5, 5.41) is 0. The maximum Gasteiger partial charge on any atom is 0.227 e. The van der Waals surface area contributed by atoms with Gasteiger partial charge in [-0.1, -0.05) is 0 Å². The Hall–Kier alpha value is -2.96. The third kappa shape index (κ3) is 3.31. The molecule has 0 aromatic rings. The fraction of sp³-hybridized carbons (Fsp3) is 0.333. The summed E-state index contributed by atoms with van der Waals surface area (Å²) in [5.41, 5.74) is 1.89. The second-order valence-corrected chi connectivity index (χ2v) is 6.35. The average molecular weight is 339 g/mol. The van der Waals surface area contributed by atoms with Gasteiger partial charge in [0.25, 0.3) is 0 Å². The molecule has 0 amide bonds. The molecular formula is C18H17N3O4. The van der Waals surface area contributed by atoms with Crippen LogP contribution < -0.4 is 0 Å². The van der Waals surface area contributed by atoms with Crippen LogP contribution in [0.15, 0.2) is 47.5 Å². The Morgan fingerprint density at radius 3 is 1.48 bits per heavy atom. The molecule has 0 radical (unpaired) electrons. The molecule has 5 aliphatic rings. The molecule has 128 valence electrons. The van der Waals surface area contributed by atoms with Crippen molar-refractivity contribution in [3.05, 3.63) is 47.5 Å². The van der Waals surface area contributed by atoms with E-state index in [1.54, 1.807) is 0 Å². The Morgan fingerprint density at radius 1 is 0.600 bits per heavy atom. The third-order valence-electron chi connectivity index (χ3n) is 4.31. The predicted octanol–water partition coefficient (Wildman–Crippen LogP) is -0.569. The van der Waals surface area contributed by atoms with Crippen molar-refractivity contribution in [2.45, 2.75) is 0 Å². The molecule has 25 heavy (non-hydrogen) atoms. The van der Waals surface area contributed by atoms with E-state index in [1.807, 2.05) is 14.7 Å². The van der Waals surface area contributed by atoms with Gasteiger partial charge < -0.3 is 14.7 Å². The summed E-state index contributed by atoms with van der Waals surface area (Å²) in [7, 11) is 0. The molecule has 0 atom stereocenters. The van der Waals surface area contributed by atoms with Gasteiger partial charge in [0.2, 0.25) is 11.6 Å². The van der Waals surface area contributed by atoms with Gasteiger partial charge in [-0.05, 0) is 24.3 Å². The molecular weight excluding hydrogens is 322 g/mol. The number of hydrogen-bond acceptors (Lipinski definition) is 7. The Labute approximate surface area is 144 Å². The molecule has 0 spiro atoms. The van der Waals surface area contributed by atoms with Crippen LogP contribution in [-0.4, -0.2) is 77.1 Å². The summed E-state index contributed by atoms with van der Waals surface area (Å²) in [4.78, 5) is 51.0. The van der Waals surface area contributed by atoms with Crippen molar-refractivity contribution < 1.29 is 19.2 Å². The Morgan fingerprint density at radius 2 is 1.04 bits per heavy atom. The zero-order chi connectivity index (χ0) is 17.6. The van der Waals surface area contributed by atoms with Crippen LogP contribution >= 0.6 is 0 Å². The molecule has 0 aromatic carbocycles. The van der Waals surface area contributed by atoms with E-state index in [4.69, 9.17) is 0 Å². The number of carbonyl (C=O) groups is 4. The highest BCUT2D eigenvalue weighted by Gasteiger charge is 2.43. The van der Waals surface area contributed by atoms with Crippen LogP contribution in [0.3, 0.4) is 0 Å². The summed E-state index contributed by atoms with van der Waals surface area (Å²) in [6.07, 6.45) is 6.53. The second-order valence-electron chi connectivity index (χ2n) is 6.35. The highest BCUT2D eigenvalue weighted by atomic mass is 16.1. The topological polar surface area (TPSA) is 77.3 Å². The first-order valence-electron chi connectivity index (χ1n) is 8.28. The van der Waals surface area contributed by atoms with Crippen molar-refractivity contribution >= 4 is 23.1 Å². The Kier molecular flexibility index (Phi) is 3.63. The molecule has 3 fully saturated rings. The number of Topliss-reactive ketones (excluding diaryl/α,β-unsaturated/α-hetero) is 1. The quantitative estimate of drug-likeness (QED) is 0.503. The maximum atomic E-state index is 12.4. The van der Waals surface area contributed by atoms with Crippen LogP contribution in [0.2, 0.25) is 0 Å². The first-order chi connectivity index (χ1) is 12.0. The van der Waals surface area contributed by atoms with E-state index in [-0.39, 0.29) is 23.1 Å². The normalized spacial score (nSPS) is 23.7. The SMILES string of the molecule is O=C1C=C(N2CC2)C(=O)C(N2CC2)=C1N1CC1.O=C1C=CC(=O)C=C1. The first kappa shape index (κ1) is 15.6. The number of allylic oxidation sites excluding steroid dienone is 5. The van der Waals surface area contributed by atoms with Gasteiger partial charge in [0.1, 0.15) is 11.4 Å². The minimum absolute atomic E-state index is 0.00546. The number of rotatable bonds is 3. The number of nitrogens with zero attached hydrogens (tertiary/aromatic N) is 3. The van der Waals surface area contributed by atoms with E-state index in [9.17, 15) is 19.2 Å². The highest BCUT2D eigenvalue weighted by molar-refractivity contribution is 6.22. The molecule has 7 heteroatoms. The minimum Gasteiger partial charge on any atom is -0.365 e. The second kappa shape index (κ2) is 5.84. The van der Waals surface area contributed by atoms with Crippen molar-refractivity contribution in [3.8, 4) is 0 Å². The highest BCUT2D eigenvalue weighted by Crippen LogP contribution is 2.33. The third-order valence-corrected chi connectivity index (χ3v) is 4.31. The van der Waals surface area contributed by atoms with Crippen molar-refractivity contribution in [1.29, 1.82) is 0 Å². The molecule has 7 nitrogen and oxygen atoms in total. The fourth-order valence-electron chi connectivity index (χ4n) is 2.72. The van der Waals surface area contributed by atoms with Gasteiger partial charge in [0.15, 0.2) is 11.6 Å². The zero-order valence-electron chi connectivity index (χ0n) is 13.6.